The molecule has 0 spiro atoms. The molecule has 7 nitrogen and oxygen atoms in total. The van der Waals surface area contributed by atoms with E-state index in [2.05, 4.69) is 36.4 Å². The second-order valence-electron chi connectivity index (χ2n) is 6.98. The van der Waals surface area contributed by atoms with E-state index < -0.39 is 0 Å². The molecule has 1 amide bonds. The average Bonchev–Trinajstić information content (AvgIpc) is 3.17. The molecule has 3 aromatic rings. The number of halogens is 1. The van der Waals surface area contributed by atoms with Crippen LogP contribution in [0.4, 0.5) is 5.13 Å². The molecule has 1 aliphatic carbocycles. The molecule has 9 heteroatoms. The molecule has 2 heterocycles. The molecule has 0 saturated heterocycles. The van der Waals surface area contributed by atoms with E-state index in [9.17, 15) is 9.59 Å². The molecule has 0 unspecified atom stereocenters. The molecule has 1 N–H and O–H groups in total. The highest BCUT2D eigenvalue weighted by Crippen LogP contribution is 2.35. The van der Waals surface area contributed by atoms with Crippen molar-refractivity contribution in [2.75, 3.05) is 5.32 Å². The van der Waals surface area contributed by atoms with Gasteiger partial charge < -0.3 is 5.32 Å². The summed E-state index contributed by atoms with van der Waals surface area (Å²) in [5.41, 5.74) is 0.479. The summed E-state index contributed by atoms with van der Waals surface area (Å²) in [7, 11) is 0. The van der Waals surface area contributed by atoms with Gasteiger partial charge in [0.25, 0.3) is 5.56 Å². The Morgan fingerprint density at radius 1 is 1.25 bits per heavy atom. The third kappa shape index (κ3) is 4.30. The summed E-state index contributed by atoms with van der Waals surface area (Å²) < 4.78 is 2.28. The van der Waals surface area contributed by atoms with Crippen molar-refractivity contribution in [2.45, 2.75) is 51.0 Å². The fourth-order valence-electron chi connectivity index (χ4n) is 3.49. The van der Waals surface area contributed by atoms with E-state index in [1.165, 1.54) is 41.5 Å². The number of aromatic nitrogens is 4. The van der Waals surface area contributed by atoms with Gasteiger partial charge in [0, 0.05) is 23.4 Å². The molecule has 0 bridgehead atoms. The number of benzene rings is 1. The minimum atomic E-state index is -0.187. The number of fused-ring (bicyclic) bond motifs is 1. The van der Waals surface area contributed by atoms with Gasteiger partial charge in [-0.25, -0.2) is 4.98 Å². The molecule has 2 aromatic heterocycles. The van der Waals surface area contributed by atoms with Gasteiger partial charge in [-0.05, 0) is 31.0 Å². The van der Waals surface area contributed by atoms with Gasteiger partial charge in [-0.3, -0.25) is 14.2 Å². The first-order valence-corrected chi connectivity index (χ1v) is 11.0. The third-order valence-corrected chi connectivity index (χ3v) is 6.50. The van der Waals surface area contributed by atoms with Gasteiger partial charge in [-0.15, -0.1) is 10.2 Å². The van der Waals surface area contributed by atoms with Crippen LogP contribution in [0.25, 0.3) is 10.9 Å². The second-order valence-corrected chi connectivity index (χ2v) is 8.91. The number of nitrogens with one attached hydrogen (secondary N) is 1. The number of anilines is 1. The Kier molecular flexibility index (Phi) is 5.82. The Bertz CT molecular complexity index is 1060. The molecule has 146 valence electrons. The molecule has 0 radical (unpaired) electrons. The molecule has 0 atom stereocenters. The average molecular weight is 462 g/mol. The summed E-state index contributed by atoms with van der Waals surface area (Å²) in [6.45, 7) is 0.258. The first kappa shape index (κ1) is 19.2. The number of aryl methyl sites for hydroxylation is 1. The Morgan fingerprint density at radius 2 is 2.07 bits per heavy atom. The molecule has 4 rings (SSSR count). The predicted octanol–water partition coefficient (Wildman–Crippen LogP) is 4.09. The number of carbonyl (C=O) groups excluding carboxylic acids is 1. The Hall–Kier alpha value is -2.13. The van der Waals surface area contributed by atoms with Gasteiger partial charge in [-0.2, -0.15) is 0 Å². The van der Waals surface area contributed by atoms with Crippen LogP contribution in [-0.2, 0) is 11.3 Å². The lowest BCUT2D eigenvalue weighted by atomic mass is 9.90. The minimum Gasteiger partial charge on any atom is -0.300 e. The zero-order valence-corrected chi connectivity index (χ0v) is 17.6. The molecule has 0 aliphatic heterocycles. The topological polar surface area (TPSA) is 89.8 Å². The van der Waals surface area contributed by atoms with Gasteiger partial charge in [0.1, 0.15) is 5.01 Å². The van der Waals surface area contributed by atoms with Crippen LogP contribution in [0.1, 0.15) is 49.5 Å². The monoisotopic (exact) mass is 461 g/mol. The van der Waals surface area contributed by atoms with Crippen LogP contribution < -0.4 is 10.9 Å². The van der Waals surface area contributed by atoms with Crippen molar-refractivity contribution in [3.8, 4) is 0 Å². The van der Waals surface area contributed by atoms with Crippen molar-refractivity contribution in [1.82, 2.24) is 19.7 Å². The van der Waals surface area contributed by atoms with Gasteiger partial charge in [-0.1, -0.05) is 46.5 Å². The Labute approximate surface area is 174 Å². The number of carbonyl (C=O) groups is 1. The maximum absolute atomic E-state index is 12.6. The fourth-order valence-corrected chi connectivity index (χ4v) is 4.78. The van der Waals surface area contributed by atoms with E-state index in [4.69, 9.17) is 0 Å². The van der Waals surface area contributed by atoms with E-state index in [1.54, 1.807) is 12.1 Å². The van der Waals surface area contributed by atoms with Crippen molar-refractivity contribution < 1.29 is 4.79 Å². The fraction of sp³-hybridized carbons (Fsp3) is 0.421. The highest BCUT2D eigenvalue weighted by Gasteiger charge is 2.20. The molecular weight excluding hydrogens is 442 g/mol. The lowest BCUT2D eigenvalue weighted by molar-refractivity contribution is -0.116. The first-order chi connectivity index (χ1) is 13.6. The highest BCUT2D eigenvalue weighted by atomic mass is 79.9. The molecule has 1 fully saturated rings. The third-order valence-electron chi connectivity index (χ3n) is 5.01. The van der Waals surface area contributed by atoms with Crippen molar-refractivity contribution in [3.05, 3.63) is 44.4 Å². The number of hydrogen-bond acceptors (Lipinski definition) is 6. The van der Waals surface area contributed by atoms with Crippen LogP contribution in [-0.4, -0.2) is 25.7 Å². The normalized spacial score (nSPS) is 15.0. The zero-order chi connectivity index (χ0) is 19.5. The summed E-state index contributed by atoms with van der Waals surface area (Å²) in [6.07, 6.45) is 7.71. The molecule has 1 aliphatic rings. The standard InChI is InChI=1S/C19H20BrN5O2S/c20-13-6-7-15-14(10-13)18(27)25(11-21-15)9-8-16(26)22-19-24-23-17(28-19)12-4-2-1-3-5-12/h6-7,10-12H,1-5,8-9H2,(H,22,24,26). The zero-order valence-electron chi connectivity index (χ0n) is 15.2. The van der Waals surface area contributed by atoms with Gasteiger partial charge in [0.05, 0.1) is 17.2 Å². The molecule has 28 heavy (non-hydrogen) atoms. The lowest BCUT2D eigenvalue weighted by Crippen LogP contribution is -2.23. The van der Waals surface area contributed by atoms with E-state index >= 15 is 0 Å². The van der Waals surface area contributed by atoms with Crippen LogP contribution in [0.5, 0.6) is 0 Å². The highest BCUT2D eigenvalue weighted by molar-refractivity contribution is 9.10. The second kappa shape index (κ2) is 8.48. The smallest absolute Gasteiger partial charge is 0.261 e. The van der Waals surface area contributed by atoms with Gasteiger partial charge >= 0.3 is 0 Å². The van der Waals surface area contributed by atoms with E-state index in [0.29, 0.717) is 22.0 Å². The predicted molar refractivity (Wildman–Crippen MR) is 113 cm³/mol. The van der Waals surface area contributed by atoms with Crippen molar-refractivity contribution in [1.29, 1.82) is 0 Å². The van der Waals surface area contributed by atoms with Crippen molar-refractivity contribution in [2.24, 2.45) is 0 Å². The Morgan fingerprint density at radius 3 is 2.89 bits per heavy atom. The maximum atomic E-state index is 12.6. The van der Waals surface area contributed by atoms with E-state index in [0.717, 1.165) is 22.3 Å². The summed E-state index contributed by atoms with van der Waals surface area (Å²) in [4.78, 5) is 29.2. The first-order valence-electron chi connectivity index (χ1n) is 9.38. The Balaban J connectivity index is 1.38. The van der Waals surface area contributed by atoms with Gasteiger partial charge in [0.15, 0.2) is 0 Å². The van der Waals surface area contributed by atoms with Gasteiger partial charge in [0.2, 0.25) is 11.0 Å². The lowest BCUT2D eigenvalue weighted by Gasteiger charge is -2.18. The largest absolute Gasteiger partial charge is 0.300 e. The molecule has 1 aromatic carbocycles. The van der Waals surface area contributed by atoms with Crippen molar-refractivity contribution in [3.63, 3.8) is 0 Å². The number of hydrogen-bond donors (Lipinski definition) is 1. The van der Waals surface area contributed by atoms with Crippen LogP contribution in [0.15, 0.2) is 33.8 Å². The van der Waals surface area contributed by atoms with E-state index in [-0.39, 0.29) is 24.4 Å². The number of amides is 1. The number of nitrogens with zero attached hydrogens (tertiary/aromatic N) is 4. The minimum absolute atomic E-state index is 0.158. The number of rotatable bonds is 5. The van der Waals surface area contributed by atoms with Crippen LogP contribution in [0.2, 0.25) is 0 Å². The summed E-state index contributed by atoms with van der Waals surface area (Å²) in [5.74, 6) is 0.283. The van der Waals surface area contributed by atoms with Crippen LogP contribution in [0.3, 0.4) is 0 Å². The summed E-state index contributed by atoms with van der Waals surface area (Å²) >= 11 is 4.83. The quantitative estimate of drug-likeness (QED) is 0.617. The van der Waals surface area contributed by atoms with Crippen molar-refractivity contribution >= 4 is 49.2 Å². The summed E-state index contributed by atoms with van der Waals surface area (Å²) in [6, 6.07) is 5.38. The van der Waals surface area contributed by atoms with E-state index in [1.807, 2.05) is 6.07 Å². The van der Waals surface area contributed by atoms with Crippen LogP contribution in [0, 0.1) is 0 Å². The maximum Gasteiger partial charge on any atom is 0.261 e. The molecular formula is C19H20BrN5O2S. The summed E-state index contributed by atoms with van der Waals surface area (Å²) in [5, 5.41) is 13.2. The SMILES string of the molecule is O=C(CCn1cnc2ccc(Br)cc2c1=O)Nc1nnc(C2CCCCC2)s1. The van der Waals surface area contributed by atoms with Crippen LogP contribution >= 0.6 is 27.3 Å². The molecule has 1 saturated carbocycles.